The van der Waals surface area contributed by atoms with Crippen LogP contribution in [0.5, 0.6) is 0 Å². The van der Waals surface area contributed by atoms with Gasteiger partial charge in [0, 0.05) is 0 Å². The molecule has 1 N–H and O–H groups in total. The van der Waals surface area contributed by atoms with Crippen LogP contribution in [-0.2, 0) is 9.84 Å². The van der Waals surface area contributed by atoms with Gasteiger partial charge in [0.25, 0.3) is 0 Å². The van der Waals surface area contributed by atoms with Gasteiger partial charge in [-0.05, 0) is 50.9 Å². The number of nitrogens with one attached hydrogen (secondary N) is 1. The topological polar surface area (TPSA) is 46.2 Å². The summed E-state index contributed by atoms with van der Waals surface area (Å²) < 4.78 is 24.4. The van der Waals surface area contributed by atoms with E-state index in [-0.39, 0.29) is 18.2 Å². The van der Waals surface area contributed by atoms with Crippen LogP contribution in [0, 0.1) is 12.8 Å². The molecule has 1 aromatic carbocycles. The van der Waals surface area contributed by atoms with Gasteiger partial charge in [0.15, 0.2) is 9.84 Å². The highest BCUT2D eigenvalue weighted by Crippen LogP contribution is 2.20. The van der Waals surface area contributed by atoms with E-state index in [0.717, 1.165) is 31.5 Å². The lowest BCUT2D eigenvalue weighted by molar-refractivity contribution is 0.401. The molecule has 5 heteroatoms. The number of benzene rings is 1. The molecular weight excluding hydrogens is 270 g/mol. The van der Waals surface area contributed by atoms with Crippen LogP contribution in [-0.4, -0.2) is 27.3 Å². The van der Waals surface area contributed by atoms with Crippen molar-refractivity contribution in [2.45, 2.75) is 24.7 Å². The zero-order chi connectivity index (χ0) is 12.3. The average Bonchev–Trinajstić information content (AvgIpc) is 2.30. The normalized spacial score (nSPS) is 17.2. The Bertz CT molecular complexity index is 464. The fourth-order valence-corrected chi connectivity index (χ4v) is 3.90. The van der Waals surface area contributed by atoms with Crippen molar-refractivity contribution in [1.29, 1.82) is 0 Å². The first kappa shape index (κ1) is 15.5. The molecule has 0 aromatic heterocycles. The summed E-state index contributed by atoms with van der Waals surface area (Å²) in [5, 5.41) is 3.25. The molecule has 0 atom stereocenters. The van der Waals surface area contributed by atoms with E-state index in [0.29, 0.717) is 10.8 Å². The maximum atomic E-state index is 12.2. The van der Waals surface area contributed by atoms with Gasteiger partial charge in [-0.2, -0.15) is 0 Å². The maximum Gasteiger partial charge on any atom is 0.178 e. The van der Waals surface area contributed by atoms with Crippen molar-refractivity contribution < 1.29 is 8.42 Å². The van der Waals surface area contributed by atoms with E-state index in [9.17, 15) is 8.42 Å². The van der Waals surface area contributed by atoms with Gasteiger partial charge in [-0.1, -0.05) is 17.7 Å². The van der Waals surface area contributed by atoms with Crippen LogP contribution < -0.4 is 5.32 Å². The standard InChI is InChI=1S/C13H19NO2S.ClH/c1-11-2-4-13(5-3-11)17(15,16)10-12-6-8-14-9-7-12;/h2-5,12,14H,6-10H2,1H3;1H. The Balaban J connectivity index is 0.00000162. The van der Waals surface area contributed by atoms with E-state index >= 15 is 0 Å². The monoisotopic (exact) mass is 289 g/mol. The molecule has 1 aliphatic heterocycles. The predicted molar refractivity (Wildman–Crippen MR) is 76.1 cm³/mol. The summed E-state index contributed by atoms with van der Waals surface area (Å²) in [6.45, 7) is 3.84. The van der Waals surface area contributed by atoms with Crippen molar-refractivity contribution in [2.24, 2.45) is 5.92 Å². The molecule has 102 valence electrons. The van der Waals surface area contributed by atoms with Gasteiger partial charge in [-0.25, -0.2) is 8.42 Å². The quantitative estimate of drug-likeness (QED) is 0.928. The summed E-state index contributed by atoms with van der Waals surface area (Å²) >= 11 is 0. The van der Waals surface area contributed by atoms with Crippen molar-refractivity contribution >= 4 is 22.2 Å². The molecular formula is C13H20ClNO2S. The number of rotatable bonds is 3. The van der Waals surface area contributed by atoms with Gasteiger partial charge in [-0.3, -0.25) is 0 Å². The third kappa shape index (κ3) is 3.97. The van der Waals surface area contributed by atoms with Crippen LogP contribution in [0.1, 0.15) is 18.4 Å². The molecule has 1 aliphatic rings. The molecule has 18 heavy (non-hydrogen) atoms. The second kappa shape index (κ2) is 6.55. The van der Waals surface area contributed by atoms with Gasteiger partial charge < -0.3 is 5.32 Å². The fourth-order valence-electron chi connectivity index (χ4n) is 2.20. The highest BCUT2D eigenvalue weighted by atomic mass is 35.5. The summed E-state index contributed by atoms with van der Waals surface area (Å²) in [6, 6.07) is 7.14. The minimum Gasteiger partial charge on any atom is -0.317 e. The highest BCUT2D eigenvalue weighted by molar-refractivity contribution is 7.91. The Morgan fingerprint density at radius 1 is 1.17 bits per heavy atom. The number of piperidine rings is 1. The smallest absolute Gasteiger partial charge is 0.178 e. The molecule has 0 spiro atoms. The lowest BCUT2D eigenvalue weighted by Gasteiger charge is -2.22. The van der Waals surface area contributed by atoms with Gasteiger partial charge in [0.1, 0.15) is 0 Å². The first-order valence-electron chi connectivity index (χ1n) is 6.08. The third-order valence-electron chi connectivity index (χ3n) is 3.29. The second-order valence-electron chi connectivity index (χ2n) is 4.79. The van der Waals surface area contributed by atoms with Crippen molar-refractivity contribution in [3.05, 3.63) is 29.8 Å². The lowest BCUT2D eigenvalue weighted by atomic mass is 10.0. The zero-order valence-electron chi connectivity index (χ0n) is 10.6. The Hall–Kier alpha value is -0.580. The van der Waals surface area contributed by atoms with Crippen LogP contribution in [0.3, 0.4) is 0 Å². The summed E-state index contributed by atoms with van der Waals surface area (Å²) in [5.41, 5.74) is 1.09. The zero-order valence-corrected chi connectivity index (χ0v) is 12.2. The van der Waals surface area contributed by atoms with Crippen molar-refractivity contribution in [1.82, 2.24) is 5.32 Å². The van der Waals surface area contributed by atoms with Gasteiger partial charge in [0.05, 0.1) is 10.6 Å². The Kier molecular flexibility index (Phi) is 5.63. The Morgan fingerprint density at radius 3 is 2.28 bits per heavy atom. The van der Waals surface area contributed by atoms with E-state index in [2.05, 4.69) is 5.32 Å². The van der Waals surface area contributed by atoms with E-state index < -0.39 is 9.84 Å². The highest BCUT2D eigenvalue weighted by Gasteiger charge is 2.22. The van der Waals surface area contributed by atoms with Crippen molar-refractivity contribution in [2.75, 3.05) is 18.8 Å². The van der Waals surface area contributed by atoms with Crippen LogP contribution in [0.4, 0.5) is 0 Å². The Labute approximate surface area is 115 Å². The van der Waals surface area contributed by atoms with E-state index in [1.54, 1.807) is 12.1 Å². The molecule has 0 unspecified atom stereocenters. The van der Waals surface area contributed by atoms with Crippen LogP contribution in [0.15, 0.2) is 29.2 Å². The molecule has 0 radical (unpaired) electrons. The Morgan fingerprint density at radius 2 is 1.72 bits per heavy atom. The van der Waals surface area contributed by atoms with E-state index in [1.165, 1.54) is 0 Å². The minimum absolute atomic E-state index is 0. The second-order valence-corrected chi connectivity index (χ2v) is 6.82. The summed E-state index contributed by atoms with van der Waals surface area (Å²) in [7, 11) is -3.10. The molecule has 1 aromatic rings. The SMILES string of the molecule is Cc1ccc(S(=O)(=O)CC2CCNCC2)cc1.Cl. The number of halogens is 1. The number of sulfone groups is 1. The fraction of sp³-hybridized carbons (Fsp3) is 0.538. The molecule has 0 amide bonds. The summed E-state index contributed by atoms with van der Waals surface area (Å²) in [6.07, 6.45) is 1.93. The molecule has 1 heterocycles. The summed E-state index contributed by atoms with van der Waals surface area (Å²) in [5.74, 6) is 0.597. The predicted octanol–water partition coefficient (Wildman–Crippen LogP) is 2.19. The minimum atomic E-state index is -3.10. The van der Waals surface area contributed by atoms with Crippen molar-refractivity contribution in [3.63, 3.8) is 0 Å². The molecule has 0 saturated carbocycles. The molecule has 3 nitrogen and oxygen atoms in total. The molecule has 1 saturated heterocycles. The van der Waals surface area contributed by atoms with E-state index in [4.69, 9.17) is 0 Å². The average molecular weight is 290 g/mol. The van der Waals surface area contributed by atoms with Crippen LogP contribution in [0.25, 0.3) is 0 Å². The van der Waals surface area contributed by atoms with E-state index in [1.807, 2.05) is 19.1 Å². The number of aryl methyl sites for hydroxylation is 1. The van der Waals surface area contributed by atoms with Crippen LogP contribution >= 0.6 is 12.4 Å². The summed E-state index contributed by atoms with van der Waals surface area (Å²) in [4.78, 5) is 0.460. The molecule has 0 bridgehead atoms. The molecule has 1 fully saturated rings. The lowest BCUT2D eigenvalue weighted by Crippen LogP contribution is -2.31. The molecule has 0 aliphatic carbocycles. The van der Waals surface area contributed by atoms with Gasteiger partial charge >= 0.3 is 0 Å². The van der Waals surface area contributed by atoms with Crippen LogP contribution in [0.2, 0.25) is 0 Å². The first-order chi connectivity index (χ1) is 8.08. The maximum absolute atomic E-state index is 12.2. The first-order valence-corrected chi connectivity index (χ1v) is 7.73. The molecule has 2 rings (SSSR count). The van der Waals surface area contributed by atoms with Gasteiger partial charge in [-0.15, -0.1) is 12.4 Å². The number of hydrogen-bond donors (Lipinski definition) is 1. The largest absolute Gasteiger partial charge is 0.317 e. The number of hydrogen-bond acceptors (Lipinski definition) is 3. The van der Waals surface area contributed by atoms with Crippen molar-refractivity contribution in [3.8, 4) is 0 Å². The third-order valence-corrected chi connectivity index (χ3v) is 5.19. The van der Waals surface area contributed by atoms with Gasteiger partial charge in [0.2, 0.25) is 0 Å².